The maximum atomic E-state index is 9.47. The molecule has 0 aliphatic rings. The van der Waals surface area contributed by atoms with E-state index >= 15 is 0 Å². The predicted molar refractivity (Wildman–Crippen MR) is 17.5 cm³/mol. The fourth-order valence-corrected chi connectivity index (χ4v) is 0. The molecule has 0 atom stereocenters. The van der Waals surface area contributed by atoms with Gasteiger partial charge in [-0.05, 0) is 0 Å². The van der Waals surface area contributed by atoms with Gasteiger partial charge >= 0.3 is 29.6 Å². The van der Waals surface area contributed by atoms with Gasteiger partial charge in [0.25, 0.3) is 0 Å². The molecule has 0 N–H and O–H groups in total. The van der Waals surface area contributed by atoms with Crippen molar-refractivity contribution >= 4 is 14.0 Å². The van der Waals surface area contributed by atoms with Gasteiger partial charge in [0, 0.05) is 6.92 Å². The summed E-state index contributed by atoms with van der Waals surface area (Å²) in [5, 5.41) is 0. The van der Waals surface area contributed by atoms with Crippen LogP contribution in [-0.4, -0.2) is 14.0 Å². The Kier molecular flexibility index (Phi) is 8.98. The molecule has 0 bridgehead atoms. The van der Waals surface area contributed by atoms with Crippen LogP contribution in [0.5, 0.6) is 0 Å². The van der Waals surface area contributed by atoms with Crippen molar-refractivity contribution in [2.75, 3.05) is 0 Å². The van der Waals surface area contributed by atoms with E-state index in [1.54, 1.807) is 0 Å². The Morgan fingerprint density at radius 2 is 2.00 bits per heavy atom. The topological polar surface area (TPSA) is 26.3 Å². The molecule has 0 saturated heterocycles. The fourth-order valence-electron chi connectivity index (χ4n) is 0. The monoisotopic (exact) mass is 93.0 g/mol. The van der Waals surface area contributed by atoms with E-state index < -0.39 is 5.97 Å². The third-order valence-electron chi connectivity index (χ3n) is 0.166. The quantitative estimate of drug-likeness (QED) is 0.292. The predicted octanol–water partition coefficient (Wildman–Crippen LogP) is -3.36. The molecule has 0 unspecified atom stereocenters. The van der Waals surface area contributed by atoms with Crippen LogP contribution in [0.1, 0.15) is 6.92 Å². The van der Waals surface area contributed by atoms with E-state index in [4.69, 9.17) is 0 Å². The molecular formula is C2H3BNaO2. The Hall–Kier alpha value is 0.535. The van der Waals surface area contributed by atoms with Gasteiger partial charge in [0.05, 0.1) is 0 Å². The summed E-state index contributed by atoms with van der Waals surface area (Å²) in [5.74, 6) is -0.468. The van der Waals surface area contributed by atoms with Crippen molar-refractivity contribution in [2.45, 2.75) is 6.92 Å². The normalized spacial score (nSPS) is 5.67. The van der Waals surface area contributed by atoms with Crippen LogP contribution in [0.15, 0.2) is 0 Å². The molecule has 0 heterocycles. The van der Waals surface area contributed by atoms with Gasteiger partial charge in [-0.25, -0.2) is 0 Å². The minimum atomic E-state index is -0.468. The van der Waals surface area contributed by atoms with Crippen molar-refractivity contribution in [1.82, 2.24) is 0 Å². The zero-order valence-corrected chi connectivity index (χ0v) is 5.89. The minimum Gasteiger partial charge on any atom is -0.793 e. The molecule has 0 aromatic heterocycles. The molecule has 3 radical (unpaired) electrons. The van der Waals surface area contributed by atoms with Crippen LogP contribution < -0.4 is 29.6 Å². The van der Waals surface area contributed by atoms with Crippen LogP contribution in [0.4, 0.5) is 0 Å². The standard InChI is InChI=1S/C2H3BO2.Na/c1-2(4)5-3;/h1H3;/q-1;+1. The Bertz CT molecular complexity index is 46.8. The van der Waals surface area contributed by atoms with E-state index in [2.05, 4.69) is 12.7 Å². The summed E-state index contributed by atoms with van der Waals surface area (Å²) in [6.07, 6.45) is 0. The van der Waals surface area contributed by atoms with Gasteiger partial charge < -0.3 is 12.7 Å². The Balaban J connectivity index is 0. The van der Waals surface area contributed by atoms with Gasteiger partial charge in [-0.3, -0.25) is 4.79 Å². The van der Waals surface area contributed by atoms with Crippen LogP contribution in [-0.2, 0) is 9.45 Å². The van der Waals surface area contributed by atoms with Gasteiger partial charge in [-0.2, -0.15) is 0 Å². The molecule has 0 aromatic rings. The summed E-state index contributed by atoms with van der Waals surface area (Å²) in [5.41, 5.74) is 0. The minimum absolute atomic E-state index is 0. The molecule has 0 aliphatic heterocycles. The third kappa shape index (κ3) is 8.82. The van der Waals surface area contributed by atoms with Gasteiger partial charge in [0.2, 0.25) is 5.97 Å². The molecule has 2 nitrogen and oxygen atoms in total. The van der Waals surface area contributed by atoms with Crippen LogP contribution in [0.3, 0.4) is 0 Å². The second-order valence-electron chi connectivity index (χ2n) is 0.609. The van der Waals surface area contributed by atoms with E-state index in [1.165, 1.54) is 6.92 Å². The maximum Gasteiger partial charge on any atom is 1.00 e. The first-order valence-electron chi connectivity index (χ1n) is 1.14. The molecular weight excluding hydrogens is 89.8 g/mol. The third-order valence-corrected chi connectivity index (χ3v) is 0.166. The first-order valence-corrected chi connectivity index (χ1v) is 1.14. The second-order valence-corrected chi connectivity index (χ2v) is 0.609. The number of hydrogen-bond donors (Lipinski definition) is 0. The second kappa shape index (κ2) is 5.53. The SMILES string of the molecule is [B-]OC(C)=O.[Na+]. The molecule has 4 heteroatoms. The molecule has 0 saturated carbocycles. The van der Waals surface area contributed by atoms with Crippen molar-refractivity contribution in [3.63, 3.8) is 0 Å². The van der Waals surface area contributed by atoms with E-state index in [9.17, 15) is 4.79 Å². The fraction of sp³-hybridized carbons (Fsp3) is 0.500. The Morgan fingerprint density at radius 1 is 1.83 bits per heavy atom. The largest absolute Gasteiger partial charge is 1.00 e. The number of carbonyl (C=O) groups is 1. The summed E-state index contributed by atoms with van der Waals surface area (Å²) >= 11 is 0. The molecule has 27 valence electrons. The van der Waals surface area contributed by atoms with Crippen molar-refractivity contribution < 1.29 is 39.0 Å². The summed E-state index contributed by atoms with van der Waals surface area (Å²) in [6, 6.07) is 0. The maximum absolute atomic E-state index is 9.47. The zero-order valence-electron chi connectivity index (χ0n) is 3.89. The Labute approximate surface area is 60.0 Å². The number of hydrogen-bond acceptors (Lipinski definition) is 2. The number of rotatable bonds is 0. The Morgan fingerprint density at radius 3 is 2.00 bits per heavy atom. The average Bonchev–Trinajstić information content (AvgIpc) is 1.38. The van der Waals surface area contributed by atoms with Gasteiger partial charge in [-0.1, -0.05) is 0 Å². The van der Waals surface area contributed by atoms with Crippen molar-refractivity contribution in [2.24, 2.45) is 0 Å². The van der Waals surface area contributed by atoms with Crippen molar-refractivity contribution in [1.29, 1.82) is 0 Å². The first-order chi connectivity index (χ1) is 2.27. The molecule has 0 aliphatic carbocycles. The van der Waals surface area contributed by atoms with Crippen LogP contribution in [0.25, 0.3) is 0 Å². The van der Waals surface area contributed by atoms with E-state index in [0.717, 1.165) is 0 Å². The van der Waals surface area contributed by atoms with Gasteiger partial charge in [-0.15, -0.1) is 0 Å². The van der Waals surface area contributed by atoms with Crippen molar-refractivity contribution in [3.05, 3.63) is 0 Å². The molecule has 6 heavy (non-hydrogen) atoms. The summed E-state index contributed by atoms with van der Waals surface area (Å²) in [4.78, 5) is 9.47. The molecule has 0 aromatic carbocycles. The molecule has 0 amide bonds. The molecule has 0 fully saturated rings. The first kappa shape index (κ1) is 9.73. The van der Waals surface area contributed by atoms with Crippen LogP contribution >= 0.6 is 0 Å². The number of carbonyl (C=O) groups excluding carboxylic acids is 1. The smallest absolute Gasteiger partial charge is 0.793 e. The van der Waals surface area contributed by atoms with Crippen LogP contribution in [0.2, 0.25) is 0 Å². The summed E-state index contributed by atoms with van der Waals surface area (Å²) in [7, 11) is 4.32. The average molecular weight is 92.8 g/mol. The van der Waals surface area contributed by atoms with Gasteiger partial charge in [0.15, 0.2) is 0 Å². The van der Waals surface area contributed by atoms with Gasteiger partial charge in [0.1, 0.15) is 0 Å². The van der Waals surface area contributed by atoms with E-state index in [1.807, 2.05) is 0 Å². The summed E-state index contributed by atoms with van der Waals surface area (Å²) < 4.78 is 3.61. The van der Waals surface area contributed by atoms with Crippen molar-refractivity contribution in [3.8, 4) is 0 Å². The van der Waals surface area contributed by atoms with E-state index in [-0.39, 0.29) is 29.6 Å². The molecule has 0 rings (SSSR count). The molecule has 0 spiro atoms. The zero-order chi connectivity index (χ0) is 4.28. The van der Waals surface area contributed by atoms with Crippen LogP contribution in [0, 0.1) is 0 Å². The summed E-state index contributed by atoms with van der Waals surface area (Å²) in [6.45, 7) is 1.24. The van der Waals surface area contributed by atoms with E-state index in [0.29, 0.717) is 0 Å².